The number of anilines is 1. The summed E-state index contributed by atoms with van der Waals surface area (Å²) in [5.74, 6) is -1.21. The highest BCUT2D eigenvalue weighted by Gasteiger charge is 2.20. The molecule has 2 aliphatic rings. The Morgan fingerprint density at radius 2 is 2.00 bits per heavy atom. The van der Waals surface area contributed by atoms with Crippen molar-refractivity contribution in [3.8, 4) is 0 Å². The lowest BCUT2D eigenvalue weighted by Crippen LogP contribution is -2.45. The summed E-state index contributed by atoms with van der Waals surface area (Å²) < 4.78 is 4.93. The van der Waals surface area contributed by atoms with Gasteiger partial charge in [-0.25, -0.2) is 9.59 Å². The van der Waals surface area contributed by atoms with E-state index < -0.39 is 24.5 Å². The number of thioether (sulfide) groups is 1. The Balaban J connectivity index is 1.47. The Morgan fingerprint density at radius 3 is 2.77 bits per heavy atom. The van der Waals surface area contributed by atoms with E-state index in [9.17, 15) is 19.2 Å². The molecule has 3 N–H and O–H groups in total. The van der Waals surface area contributed by atoms with Crippen molar-refractivity contribution < 1.29 is 23.9 Å². The first kappa shape index (κ1) is 18.2. The Bertz CT molecular complexity index is 746. The summed E-state index contributed by atoms with van der Waals surface area (Å²) in [7, 11) is 0. The van der Waals surface area contributed by atoms with Gasteiger partial charge >= 0.3 is 12.0 Å². The summed E-state index contributed by atoms with van der Waals surface area (Å²) in [4.78, 5) is 47.8. The smallest absolute Gasteiger partial charge is 0.338 e. The Morgan fingerprint density at radius 1 is 1.23 bits per heavy atom. The molecule has 1 aliphatic heterocycles. The quantitative estimate of drug-likeness (QED) is 0.688. The normalized spacial score (nSPS) is 16.4. The third kappa shape index (κ3) is 4.75. The molecule has 0 unspecified atom stereocenters. The van der Waals surface area contributed by atoms with Gasteiger partial charge in [-0.2, -0.15) is 0 Å². The van der Waals surface area contributed by atoms with Crippen LogP contribution < -0.4 is 16.0 Å². The van der Waals surface area contributed by atoms with Crippen LogP contribution in [0, 0.1) is 0 Å². The summed E-state index contributed by atoms with van der Waals surface area (Å²) in [5, 5.41) is 7.54. The van der Waals surface area contributed by atoms with Crippen LogP contribution in [0.1, 0.15) is 36.0 Å². The third-order valence-corrected chi connectivity index (χ3v) is 5.20. The SMILES string of the molecule is O=C(COC(=O)c1ccc2c(c1)NC(=O)CS2)NC(=O)NC1CCCC1. The van der Waals surface area contributed by atoms with Gasteiger partial charge in [0, 0.05) is 10.9 Å². The van der Waals surface area contributed by atoms with Gasteiger partial charge in [0.1, 0.15) is 0 Å². The molecule has 0 saturated heterocycles. The third-order valence-electron chi connectivity index (χ3n) is 4.13. The number of benzene rings is 1. The number of ether oxygens (including phenoxy) is 1. The zero-order valence-electron chi connectivity index (χ0n) is 14.0. The molecule has 8 nitrogen and oxygen atoms in total. The number of esters is 1. The molecular formula is C17H19N3O5S. The van der Waals surface area contributed by atoms with Gasteiger partial charge in [0.15, 0.2) is 6.61 Å². The van der Waals surface area contributed by atoms with E-state index in [1.807, 2.05) is 0 Å². The van der Waals surface area contributed by atoms with Gasteiger partial charge in [-0.15, -0.1) is 11.8 Å². The van der Waals surface area contributed by atoms with E-state index in [1.54, 1.807) is 12.1 Å². The van der Waals surface area contributed by atoms with Crippen molar-refractivity contribution in [3.05, 3.63) is 23.8 Å². The van der Waals surface area contributed by atoms with Gasteiger partial charge in [-0.05, 0) is 31.0 Å². The number of amides is 4. The zero-order valence-corrected chi connectivity index (χ0v) is 14.8. The second-order valence-electron chi connectivity index (χ2n) is 6.13. The number of carbonyl (C=O) groups is 4. The number of hydrogen-bond acceptors (Lipinski definition) is 6. The van der Waals surface area contributed by atoms with Gasteiger partial charge in [0.25, 0.3) is 5.91 Å². The fraction of sp³-hybridized carbons (Fsp3) is 0.412. The molecule has 26 heavy (non-hydrogen) atoms. The summed E-state index contributed by atoms with van der Waals surface area (Å²) >= 11 is 1.38. The van der Waals surface area contributed by atoms with Crippen molar-refractivity contribution in [2.45, 2.75) is 36.6 Å². The maximum atomic E-state index is 12.1. The minimum Gasteiger partial charge on any atom is -0.452 e. The number of rotatable bonds is 4. The average molecular weight is 377 g/mol. The van der Waals surface area contributed by atoms with E-state index in [-0.39, 0.29) is 17.5 Å². The van der Waals surface area contributed by atoms with E-state index in [0.717, 1.165) is 30.6 Å². The second kappa shape index (κ2) is 8.22. The average Bonchev–Trinajstić information content (AvgIpc) is 3.11. The van der Waals surface area contributed by atoms with Gasteiger partial charge < -0.3 is 15.4 Å². The summed E-state index contributed by atoms with van der Waals surface area (Å²) in [6, 6.07) is 4.30. The fourth-order valence-electron chi connectivity index (χ4n) is 2.88. The first-order valence-electron chi connectivity index (χ1n) is 8.35. The van der Waals surface area contributed by atoms with Gasteiger partial charge in [-0.1, -0.05) is 12.8 Å². The van der Waals surface area contributed by atoms with Crippen molar-refractivity contribution in [2.24, 2.45) is 0 Å². The van der Waals surface area contributed by atoms with E-state index in [1.165, 1.54) is 17.8 Å². The molecule has 0 atom stereocenters. The van der Waals surface area contributed by atoms with Crippen LogP contribution in [0.25, 0.3) is 0 Å². The van der Waals surface area contributed by atoms with Crippen molar-refractivity contribution in [1.29, 1.82) is 0 Å². The lowest BCUT2D eigenvalue weighted by Gasteiger charge is -2.16. The topological polar surface area (TPSA) is 114 Å². The molecule has 138 valence electrons. The minimum atomic E-state index is -0.705. The van der Waals surface area contributed by atoms with Gasteiger partial charge in [0.05, 0.1) is 17.0 Å². The molecule has 4 amide bonds. The summed E-state index contributed by atoms with van der Waals surface area (Å²) in [6.07, 6.45) is 3.94. The van der Waals surface area contributed by atoms with Crippen LogP contribution in [0.4, 0.5) is 10.5 Å². The molecule has 0 aromatic heterocycles. The van der Waals surface area contributed by atoms with Crippen LogP contribution in [-0.2, 0) is 14.3 Å². The molecule has 0 bridgehead atoms. The van der Waals surface area contributed by atoms with Crippen LogP contribution in [0.2, 0.25) is 0 Å². The Hall–Kier alpha value is -2.55. The molecular weight excluding hydrogens is 358 g/mol. The molecule has 1 aliphatic carbocycles. The standard InChI is InChI=1S/C17H19N3O5S/c21-14(20-17(24)18-11-3-1-2-4-11)8-25-16(23)10-5-6-13-12(7-10)19-15(22)9-26-13/h5-7,11H,1-4,8-9H2,(H,19,22)(H2,18,20,21,24). The first-order valence-corrected chi connectivity index (χ1v) is 9.34. The number of carbonyl (C=O) groups excluding carboxylic acids is 4. The molecule has 1 aromatic rings. The Kier molecular flexibility index (Phi) is 5.77. The Labute approximate surface area is 154 Å². The second-order valence-corrected chi connectivity index (χ2v) is 7.14. The van der Waals surface area contributed by atoms with Crippen molar-refractivity contribution in [2.75, 3.05) is 17.7 Å². The molecule has 0 spiro atoms. The van der Waals surface area contributed by atoms with Gasteiger partial charge in [-0.3, -0.25) is 14.9 Å². The number of hydrogen-bond donors (Lipinski definition) is 3. The van der Waals surface area contributed by atoms with E-state index >= 15 is 0 Å². The number of imide groups is 1. The molecule has 9 heteroatoms. The monoisotopic (exact) mass is 377 g/mol. The van der Waals surface area contributed by atoms with Crippen molar-refractivity contribution >= 4 is 41.3 Å². The molecule has 3 rings (SSSR count). The highest BCUT2D eigenvalue weighted by Crippen LogP contribution is 2.32. The fourth-order valence-corrected chi connectivity index (χ4v) is 3.67. The number of fused-ring (bicyclic) bond motifs is 1. The zero-order chi connectivity index (χ0) is 18.5. The largest absolute Gasteiger partial charge is 0.452 e. The van der Waals surface area contributed by atoms with E-state index in [0.29, 0.717) is 11.4 Å². The minimum absolute atomic E-state index is 0.0916. The van der Waals surface area contributed by atoms with Crippen LogP contribution in [0.15, 0.2) is 23.1 Å². The highest BCUT2D eigenvalue weighted by molar-refractivity contribution is 8.00. The molecule has 1 heterocycles. The summed E-state index contributed by atoms with van der Waals surface area (Å²) in [6.45, 7) is -0.560. The lowest BCUT2D eigenvalue weighted by molar-refractivity contribution is -0.123. The number of urea groups is 1. The summed E-state index contributed by atoms with van der Waals surface area (Å²) in [5.41, 5.74) is 0.760. The van der Waals surface area contributed by atoms with Crippen LogP contribution >= 0.6 is 11.8 Å². The lowest BCUT2D eigenvalue weighted by atomic mass is 10.2. The number of nitrogens with one attached hydrogen (secondary N) is 3. The van der Waals surface area contributed by atoms with Crippen molar-refractivity contribution in [1.82, 2.24) is 10.6 Å². The molecule has 1 fully saturated rings. The van der Waals surface area contributed by atoms with E-state index in [4.69, 9.17) is 4.74 Å². The predicted molar refractivity (Wildman–Crippen MR) is 95.0 cm³/mol. The maximum absolute atomic E-state index is 12.1. The van der Waals surface area contributed by atoms with Crippen molar-refractivity contribution in [3.63, 3.8) is 0 Å². The van der Waals surface area contributed by atoms with Crippen LogP contribution in [0.3, 0.4) is 0 Å². The first-order chi connectivity index (χ1) is 12.5. The van der Waals surface area contributed by atoms with E-state index in [2.05, 4.69) is 16.0 Å². The van der Waals surface area contributed by atoms with Crippen LogP contribution in [-0.4, -0.2) is 42.2 Å². The molecule has 1 saturated carbocycles. The predicted octanol–water partition coefficient (Wildman–Crippen LogP) is 1.66. The molecule has 0 radical (unpaired) electrons. The van der Waals surface area contributed by atoms with Gasteiger partial charge in [0.2, 0.25) is 5.91 Å². The molecule has 1 aromatic carbocycles. The highest BCUT2D eigenvalue weighted by atomic mass is 32.2. The van der Waals surface area contributed by atoms with Crippen LogP contribution in [0.5, 0.6) is 0 Å². The maximum Gasteiger partial charge on any atom is 0.338 e.